The van der Waals surface area contributed by atoms with E-state index in [4.69, 9.17) is 0 Å². The number of hydrogen-bond donors (Lipinski definition) is 0. The second kappa shape index (κ2) is 5.29. The van der Waals surface area contributed by atoms with E-state index in [1.54, 1.807) is 27.7 Å². The molecular formula is C7H12N2O3. The van der Waals surface area contributed by atoms with Crippen molar-refractivity contribution < 1.29 is 14.5 Å². The average Bonchev–Trinajstić information content (AvgIpc) is 1.96. The molecule has 0 saturated heterocycles. The molecule has 0 aromatic carbocycles. The van der Waals surface area contributed by atoms with Gasteiger partial charge < -0.3 is 0 Å². The Morgan fingerprint density at radius 2 is 1.25 bits per heavy atom. The summed E-state index contributed by atoms with van der Waals surface area (Å²) in [5.41, 5.74) is 1.26. The fraction of sp³-hybridized carbons (Fsp3) is 0.571. The minimum absolute atomic E-state index is 0.629. The first-order chi connectivity index (χ1) is 5.52. The molecule has 0 aliphatic heterocycles. The Hall–Kier alpha value is -1.39. The first kappa shape index (κ1) is 10.6. The Labute approximate surface area is 71.0 Å². The molecule has 0 unspecified atom stereocenters. The summed E-state index contributed by atoms with van der Waals surface area (Å²) in [4.78, 5) is 19.1. The van der Waals surface area contributed by atoms with Gasteiger partial charge in [0.05, 0.1) is 11.4 Å². The first-order valence-corrected chi connectivity index (χ1v) is 3.42. The third-order valence-electron chi connectivity index (χ3n) is 0.606. The van der Waals surface area contributed by atoms with Gasteiger partial charge in [0.1, 0.15) is 0 Å². The summed E-state index contributed by atoms with van der Waals surface area (Å²) in [6.45, 7) is 6.78. The van der Waals surface area contributed by atoms with Crippen LogP contribution in [0.3, 0.4) is 0 Å². The Bertz CT molecular complexity index is 191. The third kappa shape index (κ3) is 6.73. The molecule has 0 atom stereocenters. The van der Waals surface area contributed by atoms with Crippen LogP contribution in [-0.4, -0.2) is 17.6 Å². The summed E-state index contributed by atoms with van der Waals surface area (Å²) in [6, 6.07) is 0. The number of hydrogen-bond acceptors (Lipinski definition) is 5. The lowest BCUT2D eigenvalue weighted by molar-refractivity contribution is 0.0594. The van der Waals surface area contributed by atoms with Crippen LogP contribution in [0.4, 0.5) is 4.79 Å². The summed E-state index contributed by atoms with van der Waals surface area (Å²) in [5, 5.41) is 6.75. The lowest BCUT2D eigenvalue weighted by Crippen LogP contribution is -2.01. The predicted octanol–water partition coefficient (Wildman–Crippen LogP) is 1.93. The predicted molar refractivity (Wildman–Crippen MR) is 45.1 cm³/mol. The number of carbonyl (C=O) groups is 1. The summed E-state index contributed by atoms with van der Waals surface area (Å²) >= 11 is 0. The van der Waals surface area contributed by atoms with Gasteiger partial charge in [-0.1, -0.05) is 10.3 Å². The van der Waals surface area contributed by atoms with Gasteiger partial charge in [0.25, 0.3) is 0 Å². The number of rotatable bonds is 2. The average molecular weight is 172 g/mol. The van der Waals surface area contributed by atoms with E-state index in [1.165, 1.54) is 0 Å². The van der Waals surface area contributed by atoms with Gasteiger partial charge in [-0.15, -0.1) is 0 Å². The highest BCUT2D eigenvalue weighted by molar-refractivity contribution is 5.80. The van der Waals surface area contributed by atoms with Crippen molar-refractivity contribution in [2.24, 2.45) is 10.3 Å². The summed E-state index contributed by atoms with van der Waals surface area (Å²) in [7, 11) is 0. The fourth-order valence-electron chi connectivity index (χ4n) is 0.274. The van der Waals surface area contributed by atoms with Gasteiger partial charge in [-0.3, -0.25) is 9.68 Å². The normalized spacial score (nSPS) is 8.33. The number of oxime groups is 2. The molecule has 0 aliphatic carbocycles. The summed E-state index contributed by atoms with van der Waals surface area (Å²) < 4.78 is 0. The van der Waals surface area contributed by atoms with Crippen LogP contribution in [0.2, 0.25) is 0 Å². The lowest BCUT2D eigenvalue weighted by atomic mass is 10.5. The minimum atomic E-state index is -0.933. The maximum absolute atomic E-state index is 10.6. The van der Waals surface area contributed by atoms with Gasteiger partial charge in [-0.25, -0.2) is 0 Å². The van der Waals surface area contributed by atoms with E-state index in [-0.39, 0.29) is 0 Å². The van der Waals surface area contributed by atoms with Crippen molar-refractivity contribution >= 4 is 17.6 Å². The van der Waals surface area contributed by atoms with E-state index in [1.807, 2.05) is 0 Å². The highest BCUT2D eigenvalue weighted by Crippen LogP contribution is 1.89. The quantitative estimate of drug-likeness (QED) is 0.363. The Kier molecular flexibility index (Phi) is 4.67. The van der Waals surface area contributed by atoms with Crippen LogP contribution < -0.4 is 0 Å². The maximum Gasteiger partial charge on any atom is 0.562 e. The van der Waals surface area contributed by atoms with E-state index in [0.717, 1.165) is 0 Å². The Morgan fingerprint density at radius 1 is 0.917 bits per heavy atom. The standard InChI is InChI=1S/C7H12N2O3/c1-5(2)8-11-7(10)12-9-6(3)4/h1-4H3. The third-order valence-corrected chi connectivity index (χ3v) is 0.606. The second-order valence-electron chi connectivity index (χ2n) is 2.51. The minimum Gasteiger partial charge on any atom is -0.281 e. The van der Waals surface area contributed by atoms with Crippen molar-refractivity contribution in [3.63, 3.8) is 0 Å². The molecule has 12 heavy (non-hydrogen) atoms. The molecule has 0 saturated carbocycles. The second-order valence-corrected chi connectivity index (χ2v) is 2.51. The molecule has 0 aromatic heterocycles. The van der Waals surface area contributed by atoms with Crippen LogP contribution in [0.1, 0.15) is 27.7 Å². The van der Waals surface area contributed by atoms with Crippen molar-refractivity contribution in [3.8, 4) is 0 Å². The molecule has 0 aliphatic rings. The van der Waals surface area contributed by atoms with Crippen molar-refractivity contribution in [2.75, 3.05) is 0 Å². The monoisotopic (exact) mass is 172 g/mol. The van der Waals surface area contributed by atoms with Crippen molar-refractivity contribution in [2.45, 2.75) is 27.7 Å². The topological polar surface area (TPSA) is 60.2 Å². The van der Waals surface area contributed by atoms with Crippen LogP contribution >= 0.6 is 0 Å². The van der Waals surface area contributed by atoms with Crippen molar-refractivity contribution in [3.05, 3.63) is 0 Å². The lowest BCUT2D eigenvalue weighted by Gasteiger charge is -1.94. The van der Waals surface area contributed by atoms with Gasteiger partial charge >= 0.3 is 6.16 Å². The van der Waals surface area contributed by atoms with Gasteiger partial charge in [-0.05, 0) is 27.7 Å². The van der Waals surface area contributed by atoms with E-state index >= 15 is 0 Å². The zero-order chi connectivity index (χ0) is 9.56. The Morgan fingerprint density at radius 3 is 1.50 bits per heavy atom. The summed E-state index contributed by atoms with van der Waals surface area (Å²) in [6.07, 6.45) is -0.933. The maximum atomic E-state index is 10.6. The molecule has 0 fully saturated rings. The molecule has 0 amide bonds. The van der Waals surface area contributed by atoms with Crippen LogP contribution in [0.15, 0.2) is 10.3 Å². The molecule has 0 aromatic rings. The van der Waals surface area contributed by atoms with Gasteiger partial charge in [-0.2, -0.15) is 4.79 Å². The first-order valence-electron chi connectivity index (χ1n) is 3.42. The van der Waals surface area contributed by atoms with Crippen molar-refractivity contribution in [1.29, 1.82) is 0 Å². The van der Waals surface area contributed by atoms with E-state index in [9.17, 15) is 4.79 Å². The molecule has 5 nitrogen and oxygen atoms in total. The molecular weight excluding hydrogens is 160 g/mol. The van der Waals surface area contributed by atoms with Crippen LogP contribution in [0.5, 0.6) is 0 Å². The smallest absolute Gasteiger partial charge is 0.281 e. The van der Waals surface area contributed by atoms with Crippen LogP contribution in [-0.2, 0) is 9.68 Å². The molecule has 0 radical (unpaired) electrons. The number of nitrogens with zero attached hydrogens (tertiary/aromatic N) is 2. The molecule has 0 heterocycles. The van der Waals surface area contributed by atoms with Crippen LogP contribution in [0.25, 0.3) is 0 Å². The molecule has 0 rings (SSSR count). The van der Waals surface area contributed by atoms with Crippen molar-refractivity contribution in [1.82, 2.24) is 0 Å². The summed E-state index contributed by atoms with van der Waals surface area (Å²) in [5.74, 6) is 0. The fourth-order valence-corrected chi connectivity index (χ4v) is 0.274. The Balaban J connectivity index is 3.76. The highest BCUT2D eigenvalue weighted by Gasteiger charge is 2.01. The van der Waals surface area contributed by atoms with Gasteiger partial charge in [0.2, 0.25) is 0 Å². The van der Waals surface area contributed by atoms with E-state index in [2.05, 4.69) is 20.0 Å². The number of carbonyl (C=O) groups excluding carboxylic acids is 1. The SMILES string of the molecule is CC(C)=NOC(=O)ON=C(C)C. The molecule has 68 valence electrons. The van der Waals surface area contributed by atoms with Gasteiger partial charge in [0.15, 0.2) is 0 Å². The zero-order valence-electron chi connectivity index (χ0n) is 7.62. The molecule has 5 heteroatoms. The largest absolute Gasteiger partial charge is 0.562 e. The van der Waals surface area contributed by atoms with E-state index < -0.39 is 6.16 Å². The van der Waals surface area contributed by atoms with Gasteiger partial charge in [0, 0.05) is 0 Å². The van der Waals surface area contributed by atoms with E-state index in [0.29, 0.717) is 11.4 Å². The van der Waals surface area contributed by atoms with Crippen LogP contribution in [0, 0.1) is 0 Å². The molecule has 0 N–H and O–H groups in total. The molecule has 0 bridgehead atoms. The highest BCUT2D eigenvalue weighted by atomic mass is 16.8. The molecule has 0 spiro atoms. The zero-order valence-corrected chi connectivity index (χ0v) is 7.62.